The normalized spacial score (nSPS) is 19.6. The third kappa shape index (κ3) is 3.78. The van der Waals surface area contributed by atoms with Crippen LogP contribution in [0.5, 0.6) is 0 Å². The third-order valence-corrected chi connectivity index (χ3v) is 3.98. The first-order valence-corrected chi connectivity index (χ1v) is 6.50. The van der Waals surface area contributed by atoms with Gasteiger partial charge in [-0.25, -0.2) is 0 Å². The molecule has 1 rings (SSSR count). The molecule has 3 nitrogen and oxygen atoms in total. The molecule has 0 aliphatic heterocycles. The number of hydrogen-bond donors (Lipinski definition) is 2. The second-order valence-corrected chi connectivity index (χ2v) is 5.48. The lowest BCUT2D eigenvalue weighted by molar-refractivity contribution is -0.120. The summed E-state index contributed by atoms with van der Waals surface area (Å²) in [7, 11) is 0. The molecule has 1 saturated carbocycles. The van der Waals surface area contributed by atoms with E-state index in [0.717, 1.165) is 13.0 Å². The second-order valence-electron chi connectivity index (χ2n) is 5.48. The summed E-state index contributed by atoms with van der Waals surface area (Å²) in [6.07, 6.45) is 3.59. The summed E-state index contributed by atoms with van der Waals surface area (Å²) < 4.78 is 0. The van der Waals surface area contributed by atoms with Crippen LogP contribution in [0.25, 0.3) is 0 Å². The van der Waals surface area contributed by atoms with Gasteiger partial charge in [0.2, 0.25) is 5.91 Å². The Hall–Kier alpha value is -0.570. The van der Waals surface area contributed by atoms with Crippen LogP contribution in [-0.2, 0) is 4.79 Å². The maximum absolute atomic E-state index is 11.6. The Kier molecular flexibility index (Phi) is 4.78. The molecule has 1 unspecified atom stereocenters. The lowest BCUT2D eigenvalue weighted by atomic mass is 9.92. The Bertz CT molecular complexity index is 234. The molecule has 0 saturated heterocycles. The van der Waals surface area contributed by atoms with Gasteiger partial charge in [-0.05, 0) is 37.5 Å². The molecule has 3 heteroatoms. The molecular weight excluding hydrogens is 200 g/mol. The molecule has 1 aliphatic rings. The molecule has 16 heavy (non-hydrogen) atoms. The van der Waals surface area contributed by atoms with Crippen molar-refractivity contribution in [3.63, 3.8) is 0 Å². The van der Waals surface area contributed by atoms with Gasteiger partial charge in [0.25, 0.3) is 0 Å². The minimum absolute atomic E-state index is 0.132. The minimum Gasteiger partial charge on any atom is -0.354 e. The molecule has 0 radical (unpaired) electrons. The van der Waals surface area contributed by atoms with Crippen LogP contribution in [0, 0.1) is 11.3 Å². The van der Waals surface area contributed by atoms with Gasteiger partial charge in [0.1, 0.15) is 0 Å². The molecule has 0 bridgehead atoms. The first-order valence-electron chi connectivity index (χ1n) is 6.50. The average Bonchev–Trinajstić information content (AvgIpc) is 3.04. The van der Waals surface area contributed by atoms with Crippen LogP contribution < -0.4 is 10.6 Å². The van der Waals surface area contributed by atoms with Gasteiger partial charge < -0.3 is 10.6 Å². The zero-order valence-electron chi connectivity index (χ0n) is 11.1. The molecule has 1 aliphatic carbocycles. The van der Waals surface area contributed by atoms with Crippen molar-refractivity contribution >= 4 is 5.91 Å². The van der Waals surface area contributed by atoms with Crippen LogP contribution in [-0.4, -0.2) is 25.0 Å². The predicted octanol–water partition coefficient (Wildman–Crippen LogP) is 1.93. The Morgan fingerprint density at radius 1 is 1.31 bits per heavy atom. The zero-order chi connectivity index (χ0) is 12.2. The minimum atomic E-state index is 0.132. The van der Waals surface area contributed by atoms with E-state index in [9.17, 15) is 4.79 Å². The molecular formula is C13H26N2O. The number of hydrogen-bond acceptors (Lipinski definition) is 2. The number of rotatable bonds is 7. The molecule has 0 heterocycles. The van der Waals surface area contributed by atoms with Gasteiger partial charge >= 0.3 is 0 Å². The molecule has 1 atom stereocenters. The van der Waals surface area contributed by atoms with Gasteiger partial charge in [-0.15, -0.1) is 0 Å². The van der Waals surface area contributed by atoms with E-state index in [1.807, 2.05) is 0 Å². The first-order chi connectivity index (χ1) is 7.50. The molecule has 0 spiro atoms. The summed E-state index contributed by atoms with van der Waals surface area (Å²) in [4.78, 5) is 11.6. The van der Waals surface area contributed by atoms with Crippen molar-refractivity contribution in [3.8, 4) is 0 Å². The molecule has 1 amide bonds. The van der Waals surface area contributed by atoms with Crippen molar-refractivity contribution in [3.05, 3.63) is 0 Å². The van der Waals surface area contributed by atoms with Gasteiger partial charge in [0, 0.05) is 12.6 Å². The molecule has 2 N–H and O–H groups in total. The molecule has 1 fully saturated rings. The average molecular weight is 226 g/mol. The highest BCUT2D eigenvalue weighted by atomic mass is 16.1. The van der Waals surface area contributed by atoms with Crippen LogP contribution in [0.1, 0.15) is 47.0 Å². The predicted molar refractivity (Wildman–Crippen MR) is 67.3 cm³/mol. The first kappa shape index (κ1) is 13.5. The fraction of sp³-hybridized carbons (Fsp3) is 0.923. The number of carbonyl (C=O) groups is 1. The number of carbonyl (C=O) groups excluding carboxylic acids is 1. The molecule has 0 aromatic rings. The van der Waals surface area contributed by atoms with E-state index in [-0.39, 0.29) is 5.91 Å². The maximum Gasteiger partial charge on any atom is 0.233 e. The summed E-state index contributed by atoms with van der Waals surface area (Å²) in [5.41, 5.74) is 0.409. The summed E-state index contributed by atoms with van der Waals surface area (Å²) in [5.74, 6) is 0.808. The van der Waals surface area contributed by atoms with Crippen molar-refractivity contribution in [2.45, 2.75) is 53.0 Å². The number of amides is 1. The highest BCUT2D eigenvalue weighted by Crippen LogP contribution is 2.51. The smallest absolute Gasteiger partial charge is 0.233 e. The van der Waals surface area contributed by atoms with Crippen LogP contribution in [0.2, 0.25) is 0 Å². The monoisotopic (exact) mass is 226 g/mol. The lowest BCUT2D eigenvalue weighted by Gasteiger charge is -2.20. The third-order valence-electron chi connectivity index (χ3n) is 3.98. The van der Waals surface area contributed by atoms with Crippen LogP contribution in [0.15, 0.2) is 0 Å². The summed E-state index contributed by atoms with van der Waals surface area (Å²) in [6.45, 7) is 10.0. The van der Waals surface area contributed by atoms with Crippen molar-refractivity contribution in [2.24, 2.45) is 11.3 Å². The van der Waals surface area contributed by atoms with Crippen molar-refractivity contribution in [2.75, 3.05) is 13.1 Å². The van der Waals surface area contributed by atoms with Gasteiger partial charge in [-0.1, -0.05) is 20.8 Å². The highest BCUT2D eigenvalue weighted by molar-refractivity contribution is 5.78. The SMILES string of the molecule is CCC(C)NCC(=O)NCC1(C(C)C)CC1. The fourth-order valence-electron chi connectivity index (χ4n) is 1.87. The van der Waals surface area contributed by atoms with Crippen LogP contribution in [0.4, 0.5) is 0 Å². The van der Waals surface area contributed by atoms with E-state index in [2.05, 4.69) is 38.3 Å². The topological polar surface area (TPSA) is 41.1 Å². The molecule has 94 valence electrons. The Morgan fingerprint density at radius 2 is 1.94 bits per heavy atom. The van der Waals surface area contributed by atoms with Gasteiger partial charge in [0.05, 0.1) is 6.54 Å². The largest absolute Gasteiger partial charge is 0.354 e. The Labute approximate surface area is 99.4 Å². The van der Waals surface area contributed by atoms with E-state index in [4.69, 9.17) is 0 Å². The molecule has 0 aromatic carbocycles. The Morgan fingerprint density at radius 3 is 2.38 bits per heavy atom. The lowest BCUT2D eigenvalue weighted by Crippen LogP contribution is -2.40. The van der Waals surface area contributed by atoms with E-state index < -0.39 is 0 Å². The van der Waals surface area contributed by atoms with Gasteiger partial charge in [-0.3, -0.25) is 4.79 Å². The summed E-state index contributed by atoms with van der Waals surface area (Å²) >= 11 is 0. The highest BCUT2D eigenvalue weighted by Gasteiger charge is 2.45. The summed E-state index contributed by atoms with van der Waals surface area (Å²) in [6, 6.07) is 0.422. The van der Waals surface area contributed by atoms with Gasteiger partial charge in [-0.2, -0.15) is 0 Å². The van der Waals surface area contributed by atoms with Crippen molar-refractivity contribution in [1.29, 1.82) is 0 Å². The summed E-state index contributed by atoms with van der Waals surface area (Å²) in [5, 5.41) is 6.25. The number of nitrogens with one attached hydrogen (secondary N) is 2. The van der Waals surface area contributed by atoms with E-state index in [1.54, 1.807) is 0 Å². The standard InChI is InChI=1S/C13H26N2O/c1-5-11(4)14-8-12(16)15-9-13(6-7-13)10(2)3/h10-11,14H,5-9H2,1-4H3,(H,15,16). The zero-order valence-corrected chi connectivity index (χ0v) is 11.1. The quantitative estimate of drug-likeness (QED) is 0.696. The molecule has 0 aromatic heterocycles. The van der Waals surface area contributed by atoms with Gasteiger partial charge in [0.15, 0.2) is 0 Å². The van der Waals surface area contributed by atoms with Crippen LogP contribution >= 0.6 is 0 Å². The Balaban J connectivity index is 2.16. The van der Waals surface area contributed by atoms with E-state index in [1.165, 1.54) is 12.8 Å². The second kappa shape index (κ2) is 5.67. The van der Waals surface area contributed by atoms with Crippen molar-refractivity contribution in [1.82, 2.24) is 10.6 Å². The maximum atomic E-state index is 11.6. The van der Waals surface area contributed by atoms with Crippen molar-refractivity contribution < 1.29 is 4.79 Å². The van der Waals surface area contributed by atoms with Crippen LogP contribution in [0.3, 0.4) is 0 Å². The van der Waals surface area contributed by atoms with E-state index in [0.29, 0.717) is 23.9 Å². The van der Waals surface area contributed by atoms with E-state index >= 15 is 0 Å². The fourth-order valence-corrected chi connectivity index (χ4v) is 1.87.